The molecule has 1 aromatic rings. The van der Waals surface area contributed by atoms with E-state index in [4.69, 9.17) is 10.2 Å². The molecule has 0 spiro atoms. The molecule has 7 heteroatoms. The van der Waals surface area contributed by atoms with Gasteiger partial charge in [0.2, 0.25) is 0 Å². The van der Waals surface area contributed by atoms with Crippen molar-refractivity contribution in [3.63, 3.8) is 0 Å². The molecular formula is C8H10N2O4S. The van der Waals surface area contributed by atoms with Crippen molar-refractivity contribution in [3.8, 4) is 0 Å². The van der Waals surface area contributed by atoms with Gasteiger partial charge in [-0.25, -0.2) is 5.14 Å². The fraction of sp³-hybridized carbons (Fsp3) is 0.125. The first-order valence-corrected chi connectivity index (χ1v) is 5.52. The summed E-state index contributed by atoms with van der Waals surface area (Å²) in [4.78, 5) is 10.8. The summed E-state index contributed by atoms with van der Waals surface area (Å²) in [5.41, 5.74) is 0.319. The molecule has 0 saturated heterocycles. The number of nitrogens with two attached hydrogens (primary N) is 1. The quantitative estimate of drug-likeness (QED) is 0.654. The van der Waals surface area contributed by atoms with E-state index in [0.717, 1.165) is 0 Å². The van der Waals surface area contributed by atoms with Crippen LogP contribution in [0.3, 0.4) is 0 Å². The van der Waals surface area contributed by atoms with Gasteiger partial charge in [0.05, 0.1) is 0 Å². The standard InChI is InChI=1S/C8H10N2O4S/c9-15(13,14)10-7(8(11)12)6-4-2-1-3-5-6/h1-5,7,10H,(H,11,12)(H2,9,13,14)/t7-/m1/s1. The summed E-state index contributed by atoms with van der Waals surface area (Å²) in [5.74, 6) is -1.31. The van der Waals surface area contributed by atoms with Crippen LogP contribution in [0.15, 0.2) is 30.3 Å². The maximum atomic E-state index is 10.8. The van der Waals surface area contributed by atoms with Crippen LogP contribution in [-0.4, -0.2) is 19.5 Å². The van der Waals surface area contributed by atoms with Crippen molar-refractivity contribution in [2.24, 2.45) is 5.14 Å². The zero-order chi connectivity index (χ0) is 11.5. The molecule has 0 heterocycles. The molecular weight excluding hydrogens is 220 g/mol. The van der Waals surface area contributed by atoms with Gasteiger partial charge in [0.1, 0.15) is 6.04 Å². The molecule has 15 heavy (non-hydrogen) atoms. The van der Waals surface area contributed by atoms with Crippen LogP contribution in [0.1, 0.15) is 11.6 Å². The number of rotatable bonds is 4. The number of carboxylic acids is 1. The molecule has 0 amide bonds. The van der Waals surface area contributed by atoms with Crippen LogP contribution in [0.2, 0.25) is 0 Å². The third kappa shape index (κ3) is 3.66. The van der Waals surface area contributed by atoms with Gasteiger partial charge in [-0.15, -0.1) is 0 Å². The van der Waals surface area contributed by atoms with Gasteiger partial charge in [0.25, 0.3) is 10.2 Å². The molecule has 6 nitrogen and oxygen atoms in total. The second-order valence-electron chi connectivity index (χ2n) is 2.84. The Morgan fingerprint density at radius 2 is 1.87 bits per heavy atom. The molecule has 0 aliphatic heterocycles. The predicted molar refractivity (Wildman–Crippen MR) is 53.1 cm³/mol. The van der Waals surface area contributed by atoms with E-state index in [1.54, 1.807) is 18.2 Å². The van der Waals surface area contributed by atoms with Gasteiger partial charge in [-0.3, -0.25) is 4.79 Å². The number of aliphatic carboxylic acids is 1. The topological polar surface area (TPSA) is 109 Å². The van der Waals surface area contributed by atoms with E-state index in [9.17, 15) is 13.2 Å². The molecule has 1 rings (SSSR count). The van der Waals surface area contributed by atoms with Crippen LogP contribution in [0.25, 0.3) is 0 Å². The highest BCUT2D eigenvalue weighted by Crippen LogP contribution is 2.12. The molecule has 0 fully saturated rings. The summed E-state index contributed by atoms with van der Waals surface area (Å²) in [6.45, 7) is 0. The first-order chi connectivity index (χ1) is 6.90. The van der Waals surface area contributed by atoms with E-state index in [1.165, 1.54) is 12.1 Å². The van der Waals surface area contributed by atoms with E-state index in [2.05, 4.69) is 0 Å². The molecule has 0 radical (unpaired) electrons. The fourth-order valence-corrected chi connectivity index (χ4v) is 1.64. The Balaban J connectivity index is 3.00. The lowest BCUT2D eigenvalue weighted by Crippen LogP contribution is -2.38. The van der Waals surface area contributed by atoms with Crippen molar-refractivity contribution in [2.45, 2.75) is 6.04 Å². The lowest BCUT2D eigenvalue weighted by atomic mass is 10.1. The minimum atomic E-state index is -4.05. The molecule has 0 saturated carbocycles. The van der Waals surface area contributed by atoms with Crippen LogP contribution in [-0.2, 0) is 15.0 Å². The fourth-order valence-electron chi connectivity index (χ4n) is 1.07. The van der Waals surface area contributed by atoms with Gasteiger partial charge >= 0.3 is 5.97 Å². The largest absolute Gasteiger partial charge is 0.480 e. The SMILES string of the molecule is NS(=O)(=O)N[C@@H](C(=O)O)c1ccccc1. The number of carbonyl (C=O) groups is 1. The highest BCUT2D eigenvalue weighted by atomic mass is 32.2. The van der Waals surface area contributed by atoms with Crippen LogP contribution in [0.5, 0.6) is 0 Å². The molecule has 0 aliphatic rings. The second-order valence-corrected chi connectivity index (χ2v) is 4.17. The van der Waals surface area contributed by atoms with E-state index >= 15 is 0 Å². The number of benzene rings is 1. The summed E-state index contributed by atoms with van der Waals surface area (Å²) in [6, 6.07) is 6.54. The van der Waals surface area contributed by atoms with E-state index in [1.807, 2.05) is 4.72 Å². The zero-order valence-electron chi connectivity index (χ0n) is 7.62. The van der Waals surface area contributed by atoms with E-state index < -0.39 is 22.2 Å². The van der Waals surface area contributed by atoms with Gasteiger partial charge in [-0.1, -0.05) is 30.3 Å². The predicted octanol–water partition coefficient (Wildman–Crippen LogP) is -0.395. The number of hydrogen-bond acceptors (Lipinski definition) is 3. The van der Waals surface area contributed by atoms with Crippen molar-refractivity contribution >= 4 is 16.2 Å². The van der Waals surface area contributed by atoms with Gasteiger partial charge in [-0.05, 0) is 5.56 Å². The van der Waals surface area contributed by atoms with E-state index in [0.29, 0.717) is 5.56 Å². The minimum absolute atomic E-state index is 0.319. The Bertz CT molecular complexity index is 443. The molecule has 0 aliphatic carbocycles. The first-order valence-electron chi connectivity index (χ1n) is 3.98. The molecule has 0 aromatic heterocycles. The third-order valence-electron chi connectivity index (χ3n) is 1.66. The molecule has 1 aromatic carbocycles. The number of carboxylic acid groups (broad SMARTS) is 1. The second kappa shape index (κ2) is 4.39. The first kappa shape index (κ1) is 11.6. The van der Waals surface area contributed by atoms with Crippen molar-refractivity contribution < 1.29 is 18.3 Å². The normalized spacial score (nSPS) is 13.4. The third-order valence-corrected chi connectivity index (χ3v) is 2.23. The summed E-state index contributed by atoms with van der Waals surface area (Å²) in [6.07, 6.45) is 0. The summed E-state index contributed by atoms with van der Waals surface area (Å²) < 4.78 is 23.3. The van der Waals surface area contributed by atoms with E-state index in [-0.39, 0.29) is 0 Å². The Hall–Kier alpha value is -1.44. The van der Waals surface area contributed by atoms with Gasteiger partial charge in [-0.2, -0.15) is 13.1 Å². The van der Waals surface area contributed by atoms with Crippen LogP contribution < -0.4 is 9.86 Å². The Morgan fingerprint density at radius 3 is 2.27 bits per heavy atom. The molecule has 0 unspecified atom stereocenters. The van der Waals surface area contributed by atoms with Crippen molar-refractivity contribution in [2.75, 3.05) is 0 Å². The summed E-state index contributed by atoms with van der Waals surface area (Å²) >= 11 is 0. The monoisotopic (exact) mass is 230 g/mol. The highest BCUT2D eigenvalue weighted by molar-refractivity contribution is 7.87. The van der Waals surface area contributed by atoms with Crippen LogP contribution >= 0.6 is 0 Å². The number of nitrogens with one attached hydrogen (secondary N) is 1. The maximum Gasteiger partial charge on any atom is 0.326 e. The average Bonchev–Trinajstić information content (AvgIpc) is 2.14. The Kier molecular flexibility index (Phi) is 3.40. The lowest BCUT2D eigenvalue weighted by molar-refractivity contribution is -0.139. The van der Waals surface area contributed by atoms with Crippen LogP contribution in [0, 0.1) is 0 Å². The van der Waals surface area contributed by atoms with Crippen molar-refractivity contribution in [3.05, 3.63) is 35.9 Å². The van der Waals surface area contributed by atoms with Gasteiger partial charge in [0.15, 0.2) is 0 Å². The summed E-state index contributed by atoms with van der Waals surface area (Å²) in [7, 11) is -4.05. The molecule has 82 valence electrons. The van der Waals surface area contributed by atoms with Gasteiger partial charge < -0.3 is 5.11 Å². The van der Waals surface area contributed by atoms with Gasteiger partial charge in [0, 0.05) is 0 Å². The van der Waals surface area contributed by atoms with Crippen molar-refractivity contribution in [1.29, 1.82) is 0 Å². The average molecular weight is 230 g/mol. The zero-order valence-corrected chi connectivity index (χ0v) is 8.44. The highest BCUT2D eigenvalue weighted by Gasteiger charge is 2.23. The lowest BCUT2D eigenvalue weighted by Gasteiger charge is -2.12. The molecule has 1 atom stereocenters. The molecule has 4 N–H and O–H groups in total. The Morgan fingerprint density at radius 1 is 1.33 bits per heavy atom. The summed E-state index contributed by atoms with van der Waals surface area (Å²) in [5, 5.41) is 13.5. The van der Waals surface area contributed by atoms with Crippen molar-refractivity contribution in [1.82, 2.24) is 4.72 Å². The Labute approximate surface area is 86.9 Å². The maximum absolute atomic E-state index is 10.8. The molecule has 0 bridgehead atoms. The van der Waals surface area contributed by atoms with Crippen LogP contribution in [0.4, 0.5) is 0 Å². The number of hydrogen-bond donors (Lipinski definition) is 3. The smallest absolute Gasteiger partial charge is 0.326 e. The minimum Gasteiger partial charge on any atom is -0.480 e.